The summed E-state index contributed by atoms with van der Waals surface area (Å²) in [4.78, 5) is 31.5. The minimum Gasteiger partial charge on any atom is -0.470 e. The van der Waals surface area contributed by atoms with E-state index in [0.717, 1.165) is 6.07 Å². The van der Waals surface area contributed by atoms with Gasteiger partial charge in [0.25, 0.3) is 0 Å². The van der Waals surface area contributed by atoms with Crippen molar-refractivity contribution >= 4 is 17.5 Å². The van der Waals surface area contributed by atoms with E-state index in [1.807, 2.05) is 0 Å². The number of ether oxygens (including phenoxy) is 1. The SMILES string of the molecule is O=C(C1CC(=O)N(c2ccc(F)cc2)C1)N1CC(Oc2ncccc2C(F)(F)F)C1. The highest BCUT2D eigenvalue weighted by atomic mass is 19.4. The lowest BCUT2D eigenvalue weighted by molar-refractivity contribution is -0.147. The lowest BCUT2D eigenvalue weighted by atomic mass is 10.0. The molecular weight excluding hydrogens is 406 g/mol. The maximum atomic E-state index is 13.1. The lowest BCUT2D eigenvalue weighted by Crippen LogP contribution is -2.58. The number of anilines is 1. The molecule has 30 heavy (non-hydrogen) atoms. The number of rotatable bonds is 4. The van der Waals surface area contributed by atoms with Crippen LogP contribution < -0.4 is 9.64 Å². The molecule has 1 atom stereocenters. The summed E-state index contributed by atoms with van der Waals surface area (Å²) < 4.78 is 57.5. The average molecular weight is 423 g/mol. The number of alkyl halides is 3. The van der Waals surface area contributed by atoms with Gasteiger partial charge < -0.3 is 14.5 Å². The fourth-order valence-electron chi connectivity index (χ4n) is 3.55. The number of pyridine rings is 1. The second-order valence-electron chi connectivity index (χ2n) is 7.22. The van der Waals surface area contributed by atoms with Crippen LogP contribution in [0.5, 0.6) is 5.88 Å². The first-order valence-corrected chi connectivity index (χ1v) is 9.26. The molecule has 0 saturated carbocycles. The predicted octanol–water partition coefficient (Wildman–Crippen LogP) is 2.88. The van der Waals surface area contributed by atoms with Gasteiger partial charge in [-0.1, -0.05) is 0 Å². The quantitative estimate of drug-likeness (QED) is 0.710. The minimum atomic E-state index is -4.59. The zero-order chi connectivity index (χ0) is 21.5. The predicted molar refractivity (Wildman–Crippen MR) is 97.1 cm³/mol. The van der Waals surface area contributed by atoms with Crippen LogP contribution >= 0.6 is 0 Å². The molecule has 2 saturated heterocycles. The highest BCUT2D eigenvalue weighted by Crippen LogP contribution is 2.36. The summed E-state index contributed by atoms with van der Waals surface area (Å²) >= 11 is 0. The zero-order valence-electron chi connectivity index (χ0n) is 15.6. The number of nitrogens with zero attached hydrogens (tertiary/aromatic N) is 3. The molecule has 1 aromatic carbocycles. The van der Waals surface area contributed by atoms with Gasteiger partial charge in [0.15, 0.2) is 0 Å². The van der Waals surface area contributed by atoms with E-state index in [-0.39, 0.29) is 37.9 Å². The number of benzene rings is 1. The number of amides is 2. The van der Waals surface area contributed by atoms with Crippen molar-refractivity contribution in [1.82, 2.24) is 9.88 Å². The van der Waals surface area contributed by atoms with Gasteiger partial charge in [0.1, 0.15) is 17.5 Å². The van der Waals surface area contributed by atoms with Gasteiger partial charge in [0.2, 0.25) is 17.7 Å². The van der Waals surface area contributed by atoms with E-state index in [4.69, 9.17) is 4.74 Å². The van der Waals surface area contributed by atoms with Gasteiger partial charge in [0, 0.05) is 24.8 Å². The number of carbonyl (C=O) groups is 2. The molecule has 6 nitrogen and oxygen atoms in total. The van der Waals surface area contributed by atoms with Gasteiger partial charge >= 0.3 is 6.18 Å². The van der Waals surface area contributed by atoms with Gasteiger partial charge in [-0.15, -0.1) is 0 Å². The molecule has 2 amide bonds. The van der Waals surface area contributed by atoms with E-state index in [0.29, 0.717) is 5.69 Å². The fraction of sp³-hybridized carbons (Fsp3) is 0.350. The summed E-state index contributed by atoms with van der Waals surface area (Å²) in [5.41, 5.74) is -0.456. The van der Waals surface area contributed by atoms with E-state index in [1.54, 1.807) is 0 Å². The molecule has 0 spiro atoms. The zero-order valence-corrected chi connectivity index (χ0v) is 15.6. The molecule has 1 aromatic heterocycles. The maximum absolute atomic E-state index is 13.1. The molecule has 3 heterocycles. The van der Waals surface area contributed by atoms with Crippen molar-refractivity contribution in [2.24, 2.45) is 5.92 Å². The third-order valence-corrected chi connectivity index (χ3v) is 5.13. The summed E-state index contributed by atoms with van der Waals surface area (Å²) in [5, 5.41) is 0. The maximum Gasteiger partial charge on any atom is 0.421 e. The van der Waals surface area contributed by atoms with Gasteiger partial charge in [0.05, 0.1) is 19.0 Å². The standard InChI is InChI=1S/C20H17F4N3O3/c21-13-3-5-14(6-4-13)27-9-12(8-17(27)28)19(29)26-10-15(11-26)30-18-16(20(22,23)24)2-1-7-25-18/h1-7,12,15H,8-11H2. The smallest absolute Gasteiger partial charge is 0.421 e. The normalized spacial score (nSPS) is 19.7. The molecule has 2 aliphatic heterocycles. The van der Waals surface area contributed by atoms with Crippen molar-refractivity contribution in [3.8, 4) is 5.88 Å². The van der Waals surface area contributed by atoms with Gasteiger partial charge in [-0.05, 0) is 36.4 Å². The van der Waals surface area contributed by atoms with E-state index >= 15 is 0 Å². The first kappa shape index (κ1) is 20.1. The summed E-state index contributed by atoms with van der Waals surface area (Å²) in [6.45, 7) is 0.408. The highest BCUT2D eigenvalue weighted by molar-refractivity contribution is 6.00. The Kier molecular flexibility index (Phi) is 5.08. The van der Waals surface area contributed by atoms with Crippen molar-refractivity contribution in [2.75, 3.05) is 24.5 Å². The summed E-state index contributed by atoms with van der Waals surface area (Å²) in [7, 11) is 0. The largest absolute Gasteiger partial charge is 0.470 e. The van der Waals surface area contributed by atoms with E-state index in [2.05, 4.69) is 4.98 Å². The van der Waals surface area contributed by atoms with Crippen molar-refractivity contribution in [3.63, 3.8) is 0 Å². The van der Waals surface area contributed by atoms with Crippen LogP contribution in [0.1, 0.15) is 12.0 Å². The number of likely N-dealkylation sites (tertiary alicyclic amines) is 1. The van der Waals surface area contributed by atoms with Crippen LogP contribution in [-0.4, -0.2) is 47.4 Å². The summed E-state index contributed by atoms with van der Waals surface area (Å²) in [6.07, 6.45) is -3.95. The number of hydrogen-bond acceptors (Lipinski definition) is 4. The molecule has 158 valence electrons. The van der Waals surface area contributed by atoms with Crippen LogP contribution in [0.4, 0.5) is 23.2 Å². The molecule has 1 unspecified atom stereocenters. The molecule has 2 aromatic rings. The Morgan fingerprint density at radius 1 is 1.10 bits per heavy atom. The van der Waals surface area contributed by atoms with Crippen molar-refractivity contribution in [2.45, 2.75) is 18.7 Å². The van der Waals surface area contributed by atoms with Crippen molar-refractivity contribution < 1.29 is 31.9 Å². The van der Waals surface area contributed by atoms with Gasteiger partial charge in [-0.3, -0.25) is 9.59 Å². The Labute approximate surface area is 169 Å². The van der Waals surface area contributed by atoms with Crippen LogP contribution in [0, 0.1) is 11.7 Å². The third kappa shape index (κ3) is 3.94. The Morgan fingerprint density at radius 3 is 2.47 bits per heavy atom. The molecule has 0 bridgehead atoms. The Morgan fingerprint density at radius 2 is 1.80 bits per heavy atom. The highest BCUT2D eigenvalue weighted by Gasteiger charge is 2.42. The minimum absolute atomic E-state index is 0.0245. The second-order valence-corrected chi connectivity index (χ2v) is 7.22. The van der Waals surface area contributed by atoms with Crippen LogP contribution in [0.2, 0.25) is 0 Å². The van der Waals surface area contributed by atoms with Crippen molar-refractivity contribution in [3.05, 3.63) is 54.0 Å². The molecule has 0 aliphatic carbocycles. The van der Waals surface area contributed by atoms with E-state index in [1.165, 1.54) is 46.3 Å². The van der Waals surface area contributed by atoms with Crippen LogP contribution in [0.25, 0.3) is 0 Å². The average Bonchev–Trinajstić information content (AvgIpc) is 3.06. The molecule has 0 radical (unpaired) electrons. The van der Waals surface area contributed by atoms with Crippen LogP contribution in [0.15, 0.2) is 42.6 Å². The molecular formula is C20H17F4N3O3. The summed E-state index contributed by atoms with van der Waals surface area (Å²) in [6, 6.07) is 7.48. The van der Waals surface area contributed by atoms with Gasteiger partial charge in [-0.25, -0.2) is 9.37 Å². The fourth-order valence-corrected chi connectivity index (χ4v) is 3.55. The van der Waals surface area contributed by atoms with E-state index in [9.17, 15) is 27.2 Å². The molecule has 10 heteroatoms. The first-order valence-electron chi connectivity index (χ1n) is 9.26. The number of halogens is 4. The Hall–Kier alpha value is -3.17. The topological polar surface area (TPSA) is 62.7 Å². The number of carbonyl (C=O) groups excluding carboxylic acids is 2. The van der Waals surface area contributed by atoms with Crippen LogP contribution in [0.3, 0.4) is 0 Å². The van der Waals surface area contributed by atoms with Gasteiger partial charge in [-0.2, -0.15) is 13.2 Å². The van der Waals surface area contributed by atoms with Crippen LogP contribution in [-0.2, 0) is 15.8 Å². The molecule has 0 N–H and O–H groups in total. The Bertz CT molecular complexity index is 959. The monoisotopic (exact) mass is 423 g/mol. The lowest BCUT2D eigenvalue weighted by Gasteiger charge is -2.40. The molecule has 4 rings (SSSR count). The number of hydrogen-bond donors (Lipinski definition) is 0. The second kappa shape index (κ2) is 7.58. The Balaban J connectivity index is 1.34. The number of aromatic nitrogens is 1. The van der Waals surface area contributed by atoms with E-state index < -0.39 is 35.5 Å². The third-order valence-electron chi connectivity index (χ3n) is 5.13. The first-order chi connectivity index (χ1) is 14.2. The molecule has 2 aliphatic rings. The van der Waals surface area contributed by atoms with Crippen molar-refractivity contribution in [1.29, 1.82) is 0 Å². The molecule has 2 fully saturated rings. The summed E-state index contributed by atoms with van der Waals surface area (Å²) in [5.74, 6) is -2.00.